The predicted octanol–water partition coefficient (Wildman–Crippen LogP) is 2.76. The molecule has 0 spiro atoms. The second-order valence-electron chi connectivity index (χ2n) is 4.70. The summed E-state index contributed by atoms with van der Waals surface area (Å²) in [7, 11) is 0. The number of hydrogen-bond acceptors (Lipinski definition) is 4. The Morgan fingerprint density at radius 3 is 2.78 bits per heavy atom. The monoisotopic (exact) mass is 324 g/mol. The van der Waals surface area contributed by atoms with Crippen LogP contribution in [0.1, 0.15) is 23.0 Å². The van der Waals surface area contributed by atoms with E-state index in [0.717, 1.165) is 23.1 Å². The number of nitrogens with one attached hydrogen (secondary N) is 1. The lowest BCUT2D eigenvalue weighted by Crippen LogP contribution is -2.24. The molecule has 3 aromatic heterocycles. The number of fused-ring (bicyclic) bond motifs is 1. The molecule has 3 aromatic rings. The summed E-state index contributed by atoms with van der Waals surface area (Å²) >= 11 is 0. The van der Waals surface area contributed by atoms with Crippen molar-refractivity contribution in [3.63, 3.8) is 0 Å². The van der Waals surface area contributed by atoms with Crippen LogP contribution in [0.5, 0.6) is 0 Å². The molecule has 0 atom stereocenters. The zero-order chi connectivity index (χ0) is 16.6. The lowest BCUT2D eigenvalue weighted by Gasteiger charge is -2.11. The Kier molecular flexibility index (Phi) is 3.55. The maximum Gasteiger partial charge on any atom is 0.417 e. The van der Waals surface area contributed by atoms with Gasteiger partial charge < -0.3 is 9.73 Å². The normalized spacial score (nSPS) is 11.8. The van der Waals surface area contributed by atoms with Crippen molar-refractivity contribution >= 4 is 11.6 Å². The van der Waals surface area contributed by atoms with Gasteiger partial charge in [-0.15, -0.1) is 0 Å². The van der Waals surface area contributed by atoms with Crippen molar-refractivity contribution in [2.75, 3.05) is 6.54 Å². The van der Waals surface area contributed by atoms with E-state index >= 15 is 0 Å². The van der Waals surface area contributed by atoms with Gasteiger partial charge >= 0.3 is 6.18 Å². The van der Waals surface area contributed by atoms with E-state index in [2.05, 4.69) is 15.3 Å². The van der Waals surface area contributed by atoms with Gasteiger partial charge in [-0.25, -0.2) is 9.97 Å². The third-order valence-corrected chi connectivity index (χ3v) is 3.20. The maximum atomic E-state index is 13.1. The number of halogens is 3. The highest BCUT2D eigenvalue weighted by Crippen LogP contribution is 2.34. The van der Waals surface area contributed by atoms with Crippen LogP contribution in [0.15, 0.2) is 35.5 Å². The molecule has 0 saturated heterocycles. The van der Waals surface area contributed by atoms with Gasteiger partial charge in [0.2, 0.25) is 0 Å². The zero-order valence-corrected chi connectivity index (χ0v) is 11.9. The number of rotatable bonds is 3. The summed E-state index contributed by atoms with van der Waals surface area (Å²) < 4.78 is 45.6. The third kappa shape index (κ3) is 2.65. The van der Waals surface area contributed by atoms with E-state index in [4.69, 9.17) is 4.42 Å². The molecule has 23 heavy (non-hydrogen) atoms. The smallest absolute Gasteiger partial charge is 0.417 e. The van der Waals surface area contributed by atoms with Gasteiger partial charge in [-0.2, -0.15) is 13.2 Å². The average Bonchev–Trinajstić information content (AvgIpc) is 3.15. The molecule has 0 unspecified atom stereocenters. The molecule has 3 rings (SSSR count). The first-order valence-corrected chi connectivity index (χ1v) is 6.67. The molecule has 0 aliphatic rings. The van der Waals surface area contributed by atoms with E-state index in [9.17, 15) is 18.0 Å². The number of pyridine rings is 1. The van der Waals surface area contributed by atoms with E-state index in [1.165, 1.54) is 12.4 Å². The van der Waals surface area contributed by atoms with Crippen LogP contribution < -0.4 is 5.32 Å². The van der Waals surface area contributed by atoms with Crippen LogP contribution in [0.2, 0.25) is 0 Å². The van der Waals surface area contributed by atoms with Crippen LogP contribution in [-0.4, -0.2) is 26.8 Å². The summed E-state index contributed by atoms with van der Waals surface area (Å²) in [4.78, 5) is 19.7. The largest absolute Gasteiger partial charge is 0.443 e. The predicted molar refractivity (Wildman–Crippen MR) is 73.7 cm³/mol. The van der Waals surface area contributed by atoms with Crippen molar-refractivity contribution in [2.24, 2.45) is 0 Å². The van der Waals surface area contributed by atoms with Crippen molar-refractivity contribution < 1.29 is 22.4 Å². The van der Waals surface area contributed by atoms with E-state index < -0.39 is 17.6 Å². The number of alkyl halides is 3. The minimum Gasteiger partial charge on any atom is -0.443 e. The number of hydrogen-bond donors (Lipinski definition) is 1. The molecule has 0 bridgehead atoms. The molecule has 120 valence electrons. The third-order valence-electron chi connectivity index (χ3n) is 3.20. The highest BCUT2D eigenvalue weighted by Gasteiger charge is 2.33. The molecule has 3 heterocycles. The molecule has 6 nitrogen and oxygen atoms in total. The summed E-state index contributed by atoms with van der Waals surface area (Å²) in [6.07, 6.45) is -0.117. The van der Waals surface area contributed by atoms with Crippen molar-refractivity contribution in [3.05, 3.63) is 42.3 Å². The van der Waals surface area contributed by atoms with Gasteiger partial charge in [0.05, 0.1) is 23.5 Å². The first-order valence-electron chi connectivity index (χ1n) is 6.67. The maximum absolute atomic E-state index is 13.1. The number of carbonyl (C=O) groups excluding carboxylic acids is 1. The van der Waals surface area contributed by atoms with Crippen LogP contribution in [0.3, 0.4) is 0 Å². The summed E-state index contributed by atoms with van der Waals surface area (Å²) in [5, 5.41) is 2.54. The lowest BCUT2D eigenvalue weighted by molar-refractivity contribution is -0.137. The van der Waals surface area contributed by atoms with Gasteiger partial charge in [-0.3, -0.25) is 9.20 Å². The fraction of sp³-hybridized carbons (Fsp3) is 0.214. The molecular weight excluding hydrogens is 313 g/mol. The Hall–Kier alpha value is -2.84. The van der Waals surface area contributed by atoms with E-state index in [0.29, 0.717) is 6.54 Å². The van der Waals surface area contributed by atoms with Gasteiger partial charge in [-0.05, 0) is 13.0 Å². The first kappa shape index (κ1) is 15.1. The molecule has 0 aromatic carbocycles. The van der Waals surface area contributed by atoms with Crippen molar-refractivity contribution in [1.82, 2.24) is 19.7 Å². The highest BCUT2D eigenvalue weighted by molar-refractivity contribution is 5.94. The molecule has 9 heteroatoms. The van der Waals surface area contributed by atoms with E-state index in [1.807, 2.05) is 0 Å². The SMILES string of the molecule is CCNC(=O)c1cnc2c(-c3cnco3)cc(C(F)(F)F)cn12. The standard InChI is InChI=1S/C14H11F3N4O2/c1-2-19-13(22)10-4-20-12-9(11-5-18-7-23-11)3-8(6-21(10)12)14(15,16)17/h3-7H,2H2,1H3,(H,19,22). The summed E-state index contributed by atoms with van der Waals surface area (Å²) in [6.45, 7) is 2.06. The summed E-state index contributed by atoms with van der Waals surface area (Å²) in [5.74, 6) is -0.378. The number of amides is 1. The fourth-order valence-corrected chi connectivity index (χ4v) is 2.19. The molecule has 0 radical (unpaired) electrons. The summed E-state index contributed by atoms with van der Waals surface area (Å²) in [6, 6.07) is 0.921. The minimum absolute atomic E-state index is 0.00807. The van der Waals surface area contributed by atoms with Crippen LogP contribution in [-0.2, 0) is 6.18 Å². The van der Waals surface area contributed by atoms with Crippen molar-refractivity contribution in [3.8, 4) is 11.3 Å². The minimum atomic E-state index is -4.58. The highest BCUT2D eigenvalue weighted by atomic mass is 19.4. The summed E-state index contributed by atoms with van der Waals surface area (Å²) in [5.41, 5.74) is -0.627. The van der Waals surface area contributed by atoms with Crippen molar-refractivity contribution in [1.29, 1.82) is 0 Å². The quantitative estimate of drug-likeness (QED) is 0.804. The Labute approximate surface area is 128 Å². The topological polar surface area (TPSA) is 72.4 Å². The Balaban J connectivity index is 2.28. The van der Waals surface area contributed by atoms with E-state index in [1.54, 1.807) is 6.92 Å². The second kappa shape index (κ2) is 5.41. The molecule has 0 aliphatic carbocycles. The van der Waals surface area contributed by atoms with Gasteiger partial charge in [0, 0.05) is 12.7 Å². The first-order chi connectivity index (χ1) is 10.9. The number of carbonyl (C=O) groups is 1. The number of nitrogens with zero attached hydrogens (tertiary/aromatic N) is 3. The Bertz CT molecular complexity index is 853. The number of imidazole rings is 1. The fourth-order valence-electron chi connectivity index (χ4n) is 2.19. The van der Waals surface area contributed by atoms with Gasteiger partial charge in [0.25, 0.3) is 5.91 Å². The second-order valence-corrected chi connectivity index (χ2v) is 4.70. The van der Waals surface area contributed by atoms with Crippen LogP contribution >= 0.6 is 0 Å². The molecule has 0 fully saturated rings. The average molecular weight is 324 g/mol. The van der Waals surface area contributed by atoms with Crippen LogP contribution in [0, 0.1) is 0 Å². The Morgan fingerprint density at radius 1 is 1.39 bits per heavy atom. The molecule has 0 aliphatic heterocycles. The molecule has 0 saturated carbocycles. The van der Waals surface area contributed by atoms with Crippen molar-refractivity contribution in [2.45, 2.75) is 13.1 Å². The zero-order valence-electron chi connectivity index (χ0n) is 11.9. The molecule has 1 N–H and O–H groups in total. The van der Waals surface area contributed by atoms with Crippen LogP contribution in [0.4, 0.5) is 13.2 Å². The van der Waals surface area contributed by atoms with Gasteiger partial charge in [0.1, 0.15) is 11.3 Å². The van der Waals surface area contributed by atoms with Gasteiger partial charge in [0.15, 0.2) is 12.2 Å². The number of aromatic nitrogens is 3. The molecule has 1 amide bonds. The molecular formula is C14H11F3N4O2. The number of oxazole rings is 1. The Morgan fingerprint density at radius 2 is 2.17 bits per heavy atom. The van der Waals surface area contributed by atoms with Gasteiger partial charge in [-0.1, -0.05) is 0 Å². The van der Waals surface area contributed by atoms with Crippen LogP contribution in [0.25, 0.3) is 17.0 Å². The lowest BCUT2D eigenvalue weighted by atomic mass is 10.1. The van der Waals surface area contributed by atoms with E-state index in [-0.39, 0.29) is 22.7 Å².